The highest BCUT2D eigenvalue weighted by Crippen LogP contribution is 2.25. The fourth-order valence-corrected chi connectivity index (χ4v) is 4.41. The molecule has 19 heavy (non-hydrogen) atoms. The van der Waals surface area contributed by atoms with Crippen LogP contribution in [0, 0.1) is 0 Å². The highest BCUT2D eigenvalue weighted by molar-refractivity contribution is 9.08. The van der Waals surface area contributed by atoms with Crippen LogP contribution in [0.15, 0.2) is 40.6 Å². The van der Waals surface area contributed by atoms with Crippen LogP contribution in [0.3, 0.4) is 0 Å². The van der Waals surface area contributed by atoms with Gasteiger partial charge in [-0.05, 0) is 23.3 Å². The van der Waals surface area contributed by atoms with E-state index < -0.39 is 10.0 Å². The van der Waals surface area contributed by atoms with E-state index >= 15 is 0 Å². The Morgan fingerprint density at radius 1 is 1.21 bits per heavy atom. The van der Waals surface area contributed by atoms with Crippen molar-refractivity contribution in [2.24, 2.45) is 0 Å². The van der Waals surface area contributed by atoms with Gasteiger partial charge in [0.25, 0.3) is 0 Å². The first-order chi connectivity index (χ1) is 9.01. The molecule has 0 radical (unpaired) electrons. The van der Waals surface area contributed by atoms with Crippen molar-refractivity contribution in [2.75, 3.05) is 0 Å². The number of hydrogen-bond acceptors (Lipinski definition) is 3. The summed E-state index contributed by atoms with van der Waals surface area (Å²) in [6.45, 7) is 0.263. The maximum Gasteiger partial charge on any atom is 0.250 e. The van der Waals surface area contributed by atoms with Crippen LogP contribution in [0.1, 0.15) is 11.1 Å². The monoisotopic (exact) mass is 379 g/mol. The molecule has 0 saturated heterocycles. The van der Waals surface area contributed by atoms with Crippen molar-refractivity contribution in [3.8, 4) is 0 Å². The van der Waals surface area contributed by atoms with Crippen molar-refractivity contribution in [3.05, 3.63) is 51.9 Å². The third kappa shape index (κ3) is 4.03. The normalized spacial score (nSPS) is 11.7. The van der Waals surface area contributed by atoms with Crippen LogP contribution in [0.4, 0.5) is 0 Å². The SMILES string of the molecule is O=S(=O)(NCc1cccc(CBr)c1)c1ccc(Cl)s1. The molecule has 1 N–H and O–H groups in total. The smallest absolute Gasteiger partial charge is 0.206 e. The van der Waals surface area contributed by atoms with Crippen LogP contribution >= 0.6 is 38.9 Å². The lowest BCUT2D eigenvalue weighted by Crippen LogP contribution is -2.22. The molecule has 1 aromatic heterocycles. The third-order valence-electron chi connectivity index (χ3n) is 2.43. The molecule has 0 fully saturated rings. The van der Waals surface area contributed by atoms with Crippen LogP contribution in [0.25, 0.3) is 0 Å². The molecule has 0 spiro atoms. The molecule has 2 rings (SSSR count). The van der Waals surface area contributed by atoms with E-state index in [1.165, 1.54) is 6.07 Å². The van der Waals surface area contributed by atoms with Gasteiger partial charge in [0.15, 0.2) is 0 Å². The van der Waals surface area contributed by atoms with Crippen LogP contribution in [0.5, 0.6) is 0 Å². The Kier molecular flexibility index (Phi) is 5.03. The molecule has 0 aliphatic rings. The van der Waals surface area contributed by atoms with Gasteiger partial charge in [-0.2, -0.15) is 0 Å². The summed E-state index contributed by atoms with van der Waals surface area (Å²) >= 11 is 10.2. The van der Waals surface area contributed by atoms with E-state index in [9.17, 15) is 8.42 Å². The number of alkyl halides is 1. The van der Waals surface area contributed by atoms with Crippen molar-refractivity contribution in [1.82, 2.24) is 4.72 Å². The van der Waals surface area contributed by atoms with E-state index in [0.29, 0.717) is 4.34 Å². The van der Waals surface area contributed by atoms with Crippen molar-refractivity contribution in [3.63, 3.8) is 0 Å². The quantitative estimate of drug-likeness (QED) is 0.803. The van der Waals surface area contributed by atoms with Gasteiger partial charge >= 0.3 is 0 Å². The summed E-state index contributed by atoms with van der Waals surface area (Å²) in [5.41, 5.74) is 2.03. The van der Waals surface area contributed by atoms with Gasteiger partial charge in [0.05, 0.1) is 4.34 Å². The minimum absolute atomic E-state index is 0.231. The molecule has 0 amide bonds. The van der Waals surface area contributed by atoms with Gasteiger partial charge in [0.1, 0.15) is 4.21 Å². The van der Waals surface area contributed by atoms with Crippen LogP contribution in [-0.4, -0.2) is 8.42 Å². The summed E-state index contributed by atoms with van der Waals surface area (Å²) in [4.78, 5) is 0. The van der Waals surface area contributed by atoms with E-state index in [0.717, 1.165) is 27.8 Å². The number of thiophene rings is 1. The zero-order valence-electron chi connectivity index (χ0n) is 9.77. The number of sulfonamides is 1. The van der Waals surface area contributed by atoms with Crippen LogP contribution in [0.2, 0.25) is 4.34 Å². The molecule has 0 aliphatic heterocycles. The first kappa shape index (κ1) is 15.0. The number of halogens is 2. The Bertz CT molecular complexity index is 670. The van der Waals surface area contributed by atoms with E-state index in [-0.39, 0.29) is 10.8 Å². The predicted octanol–water partition coefficient (Wildman–Crippen LogP) is 3.77. The fraction of sp³-hybridized carbons (Fsp3) is 0.167. The van der Waals surface area contributed by atoms with Crippen molar-refractivity contribution in [2.45, 2.75) is 16.1 Å². The molecule has 102 valence electrons. The minimum Gasteiger partial charge on any atom is -0.206 e. The first-order valence-corrected chi connectivity index (χ1v) is 9.20. The van der Waals surface area contributed by atoms with Gasteiger partial charge in [0, 0.05) is 11.9 Å². The Morgan fingerprint density at radius 3 is 2.58 bits per heavy atom. The largest absolute Gasteiger partial charge is 0.250 e. The summed E-state index contributed by atoms with van der Waals surface area (Å²) in [5.74, 6) is 0. The molecular formula is C12H11BrClNO2S2. The molecule has 2 aromatic rings. The van der Waals surface area contributed by atoms with E-state index in [1.54, 1.807) is 6.07 Å². The molecule has 0 saturated carbocycles. The maximum atomic E-state index is 12.0. The Balaban J connectivity index is 2.09. The molecule has 0 bridgehead atoms. The Hall–Kier alpha value is -0.400. The van der Waals surface area contributed by atoms with Gasteiger partial charge in [-0.15, -0.1) is 11.3 Å². The second kappa shape index (κ2) is 6.37. The topological polar surface area (TPSA) is 46.2 Å². The highest BCUT2D eigenvalue weighted by atomic mass is 79.9. The van der Waals surface area contributed by atoms with Gasteiger partial charge in [0.2, 0.25) is 10.0 Å². The summed E-state index contributed by atoms with van der Waals surface area (Å²) in [7, 11) is -3.48. The van der Waals surface area contributed by atoms with Crippen molar-refractivity contribution in [1.29, 1.82) is 0 Å². The van der Waals surface area contributed by atoms with Crippen LogP contribution in [-0.2, 0) is 21.9 Å². The Labute approximate surface area is 129 Å². The summed E-state index contributed by atoms with van der Waals surface area (Å²) in [6, 6.07) is 10.8. The molecule has 1 heterocycles. The second-order valence-corrected chi connectivity index (χ2v) is 8.11. The van der Waals surface area contributed by atoms with Crippen molar-refractivity contribution >= 4 is 48.9 Å². The van der Waals surface area contributed by atoms with E-state index in [2.05, 4.69) is 20.7 Å². The molecule has 7 heteroatoms. The van der Waals surface area contributed by atoms with E-state index in [4.69, 9.17) is 11.6 Å². The highest BCUT2D eigenvalue weighted by Gasteiger charge is 2.16. The standard InChI is InChI=1S/C12H11BrClNO2S2/c13-7-9-2-1-3-10(6-9)8-15-19(16,17)12-5-4-11(14)18-12/h1-6,15H,7-8H2. The van der Waals surface area contributed by atoms with Gasteiger partial charge in [-0.1, -0.05) is 51.8 Å². The molecular weight excluding hydrogens is 370 g/mol. The average molecular weight is 381 g/mol. The summed E-state index contributed by atoms with van der Waals surface area (Å²) in [6.07, 6.45) is 0. The van der Waals surface area contributed by atoms with Gasteiger partial charge in [-0.25, -0.2) is 13.1 Å². The van der Waals surface area contributed by atoms with E-state index in [1.807, 2.05) is 24.3 Å². The molecule has 0 unspecified atom stereocenters. The minimum atomic E-state index is -3.48. The fourth-order valence-electron chi connectivity index (χ4n) is 1.51. The number of rotatable bonds is 5. The van der Waals surface area contributed by atoms with Gasteiger partial charge < -0.3 is 0 Å². The molecule has 0 atom stereocenters. The molecule has 3 nitrogen and oxygen atoms in total. The second-order valence-electron chi connectivity index (χ2n) is 3.84. The number of nitrogens with one attached hydrogen (secondary N) is 1. The lowest BCUT2D eigenvalue weighted by molar-refractivity contribution is 0.583. The zero-order chi connectivity index (χ0) is 13.9. The van der Waals surface area contributed by atoms with Crippen LogP contribution < -0.4 is 4.72 Å². The first-order valence-electron chi connectivity index (χ1n) is 5.40. The summed E-state index contributed by atoms with van der Waals surface area (Å²) in [5, 5.41) is 0.744. The lowest BCUT2D eigenvalue weighted by atomic mass is 10.1. The number of benzene rings is 1. The zero-order valence-corrected chi connectivity index (χ0v) is 13.7. The molecule has 0 aliphatic carbocycles. The maximum absolute atomic E-state index is 12.0. The average Bonchev–Trinajstić information content (AvgIpc) is 2.84. The number of hydrogen-bond donors (Lipinski definition) is 1. The van der Waals surface area contributed by atoms with Gasteiger partial charge in [-0.3, -0.25) is 0 Å². The molecule has 1 aromatic carbocycles. The summed E-state index contributed by atoms with van der Waals surface area (Å²) < 4.78 is 27.3. The van der Waals surface area contributed by atoms with Crippen molar-refractivity contribution < 1.29 is 8.42 Å². The third-order valence-corrected chi connectivity index (χ3v) is 6.20. The Morgan fingerprint density at radius 2 is 1.95 bits per heavy atom. The lowest BCUT2D eigenvalue weighted by Gasteiger charge is -2.06. The predicted molar refractivity (Wildman–Crippen MR) is 82.4 cm³/mol.